The zero-order valence-electron chi connectivity index (χ0n) is 9.77. The summed E-state index contributed by atoms with van der Waals surface area (Å²) in [5.74, 6) is 4.06. The van der Waals surface area contributed by atoms with E-state index in [1.807, 2.05) is 0 Å². The van der Waals surface area contributed by atoms with Crippen molar-refractivity contribution in [3.05, 3.63) is 11.5 Å². The first-order valence-corrected chi connectivity index (χ1v) is 6.06. The van der Waals surface area contributed by atoms with Gasteiger partial charge in [-0.3, -0.25) is 4.72 Å². The molecular formula is C11H23NS. The Morgan fingerprint density at radius 2 is 1.54 bits per heavy atom. The van der Waals surface area contributed by atoms with Crippen molar-refractivity contribution in [2.75, 3.05) is 0 Å². The summed E-state index contributed by atoms with van der Waals surface area (Å²) in [5.41, 5.74) is 0.398. The molecule has 0 rings (SSSR count). The molecule has 0 aliphatic carbocycles. The van der Waals surface area contributed by atoms with Crippen molar-refractivity contribution in [1.29, 1.82) is 0 Å². The summed E-state index contributed by atoms with van der Waals surface area (Å²) >= 11 is 0. The van der Waals surface area contributed by atoms with E-state index in [0.29, 0.717) is 0 Å². The van der Waals surface area contributed by atoms with Crippen molar-refractivity contribution >= 4 is 16.5 Å². The fraction of sp³-hybridized carbons (Fsp3) is 0.727. The van der Waals surface area contributed by atoms with E-state index in [9.17, 15) is 0 Å². The van der Waals surface area contributed by atoms with E-state index in [4.69, 9.17) is 0 Å². The Balaban J connectivity index is 4.11. The number of allylic oxidation sites excluding steroid dienone is 1. The van der Waals surface area contributed by atoms with Gasteiger partial charge in [-0.1, -0.05) is 32.7 Å². The molecule has 0 saturated carbocycles. The third kappa shape index (κ3) is 9.84. The lowest BCUT2D eigenvalue weighted by atomic mass is 9.98. The highest BCUT2D eigenvalue weighted by Crippen LogP contribution is 2.20. The standard InChI is InChI=1S/C11H23NS/c1-10(2,3)8-9-13(7)12-11(4,5)6/h8-9,12H,7H2,1-6H3/b9-8-. The number of hydrogen-bond donors (Lipinski definition) is 1. The van der Waals surface area contributed by atoms with Crippen LogP contribution in [0.5, 0.6) is 0 Å². The van der Waals surface area contributed by atoms with Crippen LogP contribution in [-0.2, 0) is 0 Å². The Morgan fingerprint density at radius 1 is 1.08 bits per heavy atom. The lowest BCUT2D eigenvalue weighted by molar-refractivity contribution is 0.534. The van der Waals surface area contributed by atoms with Crippen molar-refractivity contribution < 1.29 is 0 Å². The van der Waals surface area contributed by atoms with Crippen LogP contribution in [0.1, 0.15) is 41.5 Å². The average Bonchev–Trinajstić information content (AvgIpc) is 1.78. The van der Waals surface area contributed by atoms with E-state index < -0.39 is 0 Å². The Kier molecular flexibility index (Phi) is 4.40. The molecule has 0 saturated heterocycles. The minimum atomic E-state index is -0.0665. The summed E-state index contributed by atoms with van der Waals surface area (Å²) in [6.45, 7) is 13.0. The Labute approximate surface area is 85.7 Å². The van der Waals surface area contributed by atoms with Crippen LogP contribution in [0.25, 0.3) is 0 Å². The predicted octanol–water partition coefficient (Wildman–Crippen LogP) is 3.55. The van der Waals surface area contributed by atoms with Gasteiger partial charge in [0.25, 0.3) is 0 Å². The lowest BCUT2D eigenvalue weighted by Crippen LogP contribution is -2.30. The van der Waals surface area contributed by atoms with Crippen LogP contribution in [-0.4, -0.2) is 11.4 Å². The van der Waals surface area contributed by atoms with E-state index >= 15 is 0 Å². The third-order valence-electron chi connectivity index (χ3n) is 1.17. The molecule has 1 nitrogen and oxygen atoms in total. The molecule has 1 N–H and O–H groups in total. The van der Waals surface area contributed by atoms with Gasteiger partial charge in [-0.05, 0) is 31.6 Å². The summed E-state index contributed by atoms with van der Waals surface area (Å²) in [4.78, 5) is 0. The molecule has 0 bridgehead atoms. The molecule has 0 aliphatic rings. The van der Waals surface area contributed by atoms with Crippen LogP contribution in [0.15, 0.2) is 11.5 Å². The van der Waals surface area contributed by atoms with E-state index in [1.54, 1.807) is 0 Å². The van der Waals surface area contributed by atoms with Crippen molar-refractivity contribution in [2.24, 2.45) is 5.41 Å². The van der Waals surface area contributed by atoms with Gasteiger partial charge < -0.3 is 0 Å². The first-order chi connectivity index (χ1) is 5.60. The second-order valence-electron chi connectivity index (χ2n) is 5.45. The maximum Gasteiger partial charge on any atom is 0.0196 e. The van der Waals surface area contributed by atoms with E-state index in [-0.39, 0.29) is 21.6 Å². The van der Waals surface area contributed by atoms with E-state index in [2.05, 4.69) is 63.6 Å². The van der Waals surface area contributed by atoms with Gasteiger partial charge in [0, 0.05) is 5.54 Å². The molecule has 0 spiro atoms. The van der Waals surface area contributed by atoms with Gasteiger partial charge in [0.05, 0.1) is 0 Å². The molecule has 0 aliphatic heterocycles. The molecular weight excluding hydrogens is 178 g/mol. The van der Waals surface area contributed by atoms with Crippen LogP contribution in [0, 0.1) is 5.41 Å². The van der Waals surface area contributed by atoms with Gasteiger partial charge in [-0.2, -0.15) is 0 Å². The molecule has 78 valence electrons. The van der Waals surface area contributed by atoms with Crippen LogP contribution in [0.4, 0.5) is 0 Å². The molecule has 0 fully saturated rings. The summed E-state index contributed by atoms with van der Waals surface area (Å²) in [6, 6.07) is 0. The molecule has 13 heavy (non-hydrogen) atoms. The number of hydrogen-bond acceptors (Lipinski definition) is 1. The van der Waals surface area contributed by atoms with E-state index in [0.717, 1.165) is 0 Å². The lowest BCUT2D eigenvalue weighted by Gasteiger charge is -2.22. The molecule has 2 heteroatoms. The highest BCUT2D eigenvalue weighted by molar-refractivity contribution is 8.15. The number of nitrogens with one attached hydrogen (secondary N) is 1. The maximum atomic E-state index is 4.06. The minimum Gasteiger partial charge on any atom is -0.261 e. The van der Waals surface area contributed by atoms with Gasteiger partial charge in [0.1, 0.15) is 0 Å². The summed E-state index contributed by atoms with van der Waals surface area (Å²) in [6.07, 6.45) is 2.21. The van der Waals surface area contributed by atoms with Crippen molar-refractivity contribution in [3.63, 3.8) is 0 Å². The average molecular weight is 201 g/mol. The normalized spacial score (nSPS) is 16.5. The van der Waals surface area contributed by atoms with Crippen molar-refractivity contribution in [2.45, 2.75) is 47.1 Å². The second kappa shape index (κ2) is 4.43. The molecule has 1 unspecified atom stereocenters. The zero-order chi connectivity index (χ0) is 10.7. The summed E-state index contributed by atoms with van der Waals surface area (Å²) < 4.78 is 3.42. The first kappa shape index (κ1) is 12.9. The topological polar surface area (TPSA) is 12.0 Å². The molecule has 0 amide bonds. The zero-order valence-corrected chi connectivity index (χ0v) is 10.6. The fourth-order valence-electron chi connectivity index (χ4n) is 0.714. The van der Waals surface area contributed by atoms with Gasteiger partial charge in [-0.25, -0.2) is 0 Å². The van der Waals surface area contributed by atoms with Gasteiger partial charge >= 0.3 is 0 Å². The summed E-state index contributed by atoms with van der Waals surface area (Å²) in [7, 11) is -0.0665. The molecule has 0 aromatic heterocycles. The quantitative estimate of drug-likeness (QED) is 0.674. The minimum absolute atomic E-state index is 0.0665. The monoisotopic (exact) mass is 201 g/mol. The molecule has 0 aromatic carbocycles. The van der Waals surface area contributed by atoms with Crippen LogP contribution in [0.2, 0.25) is 0 Å². The Morgan fingerprint density at radius 3 is 1.85 bits per heavy atom. The van der Waals surface area contributed by atoms with Crippen molar-refractivity contribution in [1.82, 2.24) is 4.72 Å². The highest BCUT2D eigenvalue weighted by atomic mass is 32.2. The van der Waals surface area contributed by atoms with Gasteiger partial charge in [0.2, 0.25) is 0 Å². The van der Waals surface area contributed by atoms with E-state index in [1.165, 1.54) is 0 Å². The highest BCUT2D eigenvalue weighted by Gasteiger charge is 2.09. The number of rotatable bonds is 2. The third-order valence-corrected chi connectivity index (χ3v) is 2.51. The Hall–Kier alpha value is -0.0800. The van der Waals surface area contributed by atoms with Crippen molar-refractivity contribution in [3.8, 4) is 0 Å². The summed E-state index contributed by atoms with van der Waals surface area (Å²) in [5, 5.41) is 2.16. The second-order valence-corrected chi connectivity index (χ2v) is 6.78. The predicted molar refractivity (Wildman–Crippen MR) is 66.2 cm³/mol. The van der Waals surface area contributed by atoms with Crippen LogP contribution < -0.4 is 4.72 Å². The maximum absolute atomic E-state index is 4.06. The van der Waals surface area contributed by atoms with Gasteiger partial charge in [0.15, 0.2) is 0 Å². The molecule has 1 atom stereocenters. The van der Waals surface area contributed by atoms with Gasteiger partial charge in [-0.15, -0.1) is 10.7 Å². The fourth-order valence-corrected chi connectivity index (χ4v) is 2.14. The Bertz CT molecular complexity index is 203. The molecule has 0 radical (unpaired) electrons. The van der Waals surface area contributed by atoms with Crippen LogP contribution in [0.3, 0.4) is 0 Å². The van der Waals surface area contributed by atoms with Crippen LogP contribution >= 0.6 is 10.7 Å². The molecule has 0 aromatic rings. The smallest absolute Gasteiger partial charge is 0.0196 e. The molecule has 0 heterocycles. The first-order valence-electron chi connectivity index (χ1n) is 4.60. The largest absolute Gasteiger partial charge is 0.261 e. The SMILES string of the molecule is C=S(/C=C\C(C)(C)C)NC(C)(C)C.